The van der Waals surface area contributed by atoms with Gasteiger partial charge in [-0.2, -0.15) is 17.9 Å². The minimum Gasteiger partial charge on any atom is -0.415 e. The maximum Gasteiger partial charge on any atom is 0.404 e. The molecule has 1 saturated heterocycles. The molecule has 2 N–H and O–H groups in total. The first-order valence-corrected chi connectivity index (χ1v) is 15.4. The Kier molecular flexibility index (Phi) is 9.37. The second-order valence-electron chi connectivity index (χ2n) is 10.6. The number of rotatable bonds is 9. The van der Waals surface area contributed by atoms with Crippen LogP contribution in [-0.4, -0.2) is 70.7 Å². The lowest BCUT2D eigenvalue weighted by atomic mass is 10.0. The molecule has 2 aromatic heterocycles. The molecular weight excluding hydrogens is 666 g/mol. The first kappa shape index (κ1) is 34.6. The lowest BCUT2D eigenvalue weighted by Crippen LogP contribution is -2.45. The van der Waals surface area contributed by atoms with E-state index in [1.54, 1.807) is 0 Å². The van der Waals surface area contributed by atoms with Crippen molar-refractivity contribution in [2.24, 2.45) is 0 Å². The number of piperidine rings is 1. The van der Waals surface area contributed by atoms with Crippen molar-refractivity contribution < 1.29 is 57.9 Å². The Hall–Kier alpha value is -3.23. The summed E-state index contributed by atoms with van der Waals surface area (Å²) in [6.45, 7) is 2.72. The number of nitrogens with one attached hydrogen (secondary N) is 1. The summed E-state index contributed by atoms with van der Waals surface area (Å²) < 4.78 is 144. The number of benzene rings is 1. The van der Waals surface area contributed by atoms with E-state index in [4.69, 9.17) is 4.42 Å². The van der Waals surface area contributed by atoms with Crippen LogP contribution in [0.5, 0.6) is 0 Å². The summed E-state index contributed by atoms with van der Waals surface area (Å²) in [5.41, 5.74) is -4.58. The number of hydrogen-bond donors (Lipinski definition) is 2. The van der Waals surface area contributed by atoms with Crippen molar-refractivity contribution in [3.8, 4) is 21.3 Å². The van der Waals surface area contributed by atoms with Crippen molar-refractivity contribution in [3.63, 3.8) is 0 Å². The fraction of sp³-hybridized carbons (Fsp3) is 0.520. The van der Waals surface area contributed by atoms with Crippen LogP contribution in [0.1, 0.15) is 68.4 Å². The normalized spacial score (nSPS) is 16.8. The van der Waals surface area contributed by atoms with Gasteiger partial charge in [0.15, 0.2) is 10.8 Å². The number of carbonyl (C=O) groups is 1. The highest BCUT2D eigenvalue weighted by molar-refractivity contribution is 7.89. The third kappa shape index (κ3) is 7.28. The molecule has 1 amide bonds. The largest absolute Gasteiger partial charge is 0.415 e. The fourth-order valence-corrected chi connectivity index (χ4v) is 6.72. The van der Waals surface area contributed by atoms with Crippen LogP contribution in [0.4, 0.5) is 35.1 Å². The summed E-state index contributed by atoms with van der Waals surface area (Å²) in [6, 6.07) is -1.52. The van der Waals surface area contributed by atoms with E-state index in [0.717, 1.165) is 11.8 Å². The van der Waals surface area contributed by atoms with Gasteiger partial charge in [0, 0.05) is 31.5 Å². The van der Waals surface area contributed by atoms with Gasteiger partial charge in [0.2, 0.25) is 15.9 Å². The molecule has 1 aliphatic rings. The minimum atomic E-state index is -5.34. The van der Waals surface area contributed by atoms with Gasteiger partial charge < -0.3 is 14.4 Å². The molecule has 0 bridgehead atoms. The van der Waals surface area contributed by atoms with Crippen molar-refractivity contribution in [3.05, 3.63) is 35.1 Å². The molecule has 0 aliphatic carbocycles. The van der Waals surface area contributed by atoms with E-state index in [1.807, 2.05) is 0 Å². The number of aliphatic hydroxyl groups is 1. The molecule has 248 valence electrons. The SMILES string of the molecule is CCC(NS(=O)(=O)c1ccc(-c2sc(-c3nnc(C(C)(C)O)o3)nc2C(=O)N2CCC(F)(F)CC2)c(C(F)F)c1F)C(F)(F)F. The van der Waals surface area contributed by atoms with Gasteiger partial charge in [-0.1, -0.05) is 13.0 Å². The molecule has 1 fully saturated rings. The Bertz CT molecular complexity index is 1680. The van der Waals surface area contributed by atoms with Crippen LogP contribution >= 0.6 is 11.3 Å². The summed E-state index contributed by atoms with van der Waals surface area (Å²) >= 11 is 0.455. The Morgan fingerprint density at radius 3 is 2.31 bits per heavy atom. The number of hydrogen-bond acceptors (Lipinski definition) is 9. The van der Waals surface area contributed by atoms with Crippen LogP contribution in [0.3, 0.4) is 0 Å². The van der Waals surface area contributed by atoms with Gasteiger partial charge in [-0.15, -0.1) is 21.5 Å². The quantitative estimate of drug-likeness (QED) is 0.275. The highest BCUT2D eigenvalue weighted by atomic mass is 32.2. The van der Waals surface area contributed by atoms with Crippen LogP contribution in [0.2, 0.25) is 0 Å². The summed E-state index contributed by atoms with van der Waals surface area (Å²) in [5.74, 6) is -6.86. The summed E-state index contributed by atoms with van der Waals surface area (Å²) in [5, 5.41) is 17.2. The standard InChI is InChI=1S/C25H25F8N5O5S2/c1-4-13(25(31,32)33)37-45(41,42)12-6-5-11(14(15(12)26)18(27)28)17-16(21(39)38-9-7-24(29,30)8-10-38)34-20(44-17)19-35-36-22(43-19)23(2,3)40/h5-6,13,18,37,40H,4,7-10H2,1-3H3. The first-order chi connectivity index (χ1) is 20.7. The van der Waals surface area contributed by atoms with Gasteiger partial charge >= 0.3 is 6.18 Å². The van der Waals surface area contributed by atoms with E-state index in [1.165, 1.54) is 18.6 Å². The number of aromatic nitrogens is 3. The fourth-order valence-electron chi connectivity index (χ4n) is 4.31. The summed E-state index contributed by atoms with van der Waals surface area (Å²) in [6.07, 6.45) is -11.0. The second kappa shape index (κ2) is 12.2. The van der Waals surface area contributed by atoms with Gasteiger partial charge in [-0.3, -0.25) is 4.79 Å². The zero-order valence-electron chi connectivity index (χ0n) is 23.6. The van der Waals surface area contributed by atoms with E-state index < -0.39 is 117 Å². The number of thiazole rings is 1. The molecule has 3 aromatic rings. The van der Waals surface area contributed by atoms with Gasteiger partial charge in [-0.25, -0.2) is 35.4 Å². The molecule has 4 rings (SSSR count). The van der Waals surface area contributed by atoms with Crippen molar-refractivity contribution in [2.45, 2.75) is 75.1 Å². The van der Waals surface area contributed by atoms with E-state index in [0.29, 0.717) is 23.5 Å². The number of likely N-dealkylation sites (tertiary alicyclic amines) is 1. The number of nitrogens with zero attached hydrogens (tertiary/aromatic N) is 4. The van der Waals surface area contributed by atoms with E-state index >= 15 is 4.39 Å². The lowest BCUT2D eigenvalue weighted by Gasteiger charge is -2.31. The first-order valence-electron chi connectivity index (χ1n) is 13.1. The predicted octanol–water partition coefficient (Wildman–Crippen LogP) is 5.65. The smallest absolute Gasteiger partial charge is 0.404 e. The predicted molar refractivity (Wildman–Crippen MR) is 142 cm³/mol. The molecule has 1 aromatic carbocycles. The van der Waals surface area contributed by atoms with Crippen LogP contribution in [0.15, 0.2) is 21.4 Å². The van der Waals surface area contributed by atoms with E-state index in [9.17, 15) is 49.1 Å². The topological polar surface area (TPSA) is 139 Å². The van der Waals surface area contributed by atoms with Crippen LogP contribution in [0, 0.1) is 5.82 Å². The highest BCUT2D eigenvalue weighted by Crippen LogP contribution is 2.43. The molecule has 0 saturated carbocycles. The maximum atomic E-state index is 15.6. The van der Waals surface area contributed by atoms with Crippen molar-refractivity contribution in [1.29, 1.82) is 0 Å². The molecule has 1 atom stereocenters. The molecule has 0 radical (unpaired) electrons. The maximum absolute atomic E-state index is 15.6. The van der Waals surface area contributed by atoms with Crippen LogP contribution in [0.25, 0.3) is 21.3 Å². The Labute approximate surface area is 254 Å². The number of sulfonamides is 1. The number of amides is 1. The molecular formula is C25H25F8N5O5S2. The monoisotopic (exact) mass is 691 g/mol. The average molecular weight is 692 g/mol. The van der Waals surface area contributed by atoms with Gasteiger partial charge in [0.25, 0.3) is 24.1 Å². The van der Waals surface area contributed by atoms with Crippen LogP contribution in [-0.2, 0) is 15.6 Å². The minimum absolute atomic E-state index is 0.284. The molecule has 45 heavy (non-hydrogen) atoms. The van der Waals surface area contributed by atoms with Crippen LogP contribution < -0.4 is 4.72 Å². The zero-order chi connectivity index (χ0) is 33.7. The third-order valence-corrected chi connectivity index (χ3v) is 9.31. The molecule has 0 spiro atoms. The Morgan fingerprint density at radius 1 is 1.18 bits per heavy atom. The van der Waals surface area contributed by atoms with Crippen molar-refractivity contribution in [1.82, 2.24) is 24.8 Å². The number of halogens is 8. The number of alkyl halides is 7. The van der Waals surface area contributed by atoms with E-state index in [2.05, 4.69) is 15.2 Å². The summed E-state index contributed by atoms with van der Waals surface area (Å²) in [7, 11) is -5.34. The number of carbonyl (C=O) groups excluding carboxylic acids is 1. The van der Waals surface area contributed by atoms with E-state index in [-0.39, 0.29) is 10.9 Å². The van der Waals surface area contributed by atoms with Gasteiger partial charge in [0.05, 0.1) is 10.4 Å². The lowest BCUT2D eigenvalue weighted by molar-refractivity contribution is -0.151. The highest BCUT2D eigenvalue weighted by Gasteiger charge is 2.43. The summed E-state index contributed by atoms with van der Waals surface area (Å²) in [4.78, 5) is 16.6. The van der Waals surface area contributed by atoms with Crippen molar-refractivity contribution in [2.75, 3.05) is 13.1 Å². The third-order valence-electron chi connectivity index (χ3n) is 6.74. The zero-order valence-corrected chi connectivity index (χ0v) is 25.2. The van der Waals surface area contributed by atoms with Gasteiger partial charge in [-0.05, 0) is 26.3 Å². The Balaban J connectivity index is 1.87. The molecule has 1 aliphatic heterocycles. The second-order valence-corrected chi connectivity index (χ2v) is 13.3. The molecule has 3 heterocycles. The molecule has 1 unspecified atom stereocenters. The average Bonchev–Trinajstić information content (AvgIpc) is 3.58. The van der Waals surface area contributed by atoms with Gasteiger partial charge in [0.1, 0.15) is 22.2 Å². The molecule has 20 heteroatoms. The molecule has 10 nitrogen and oxygen atoms in total. The Morgan fingerprint density at radius 2 is 1.80 bits per heavy atom. The van der Waals surface area contributed by atoms with Crippen molar-refractivity contribution >= 4 is 27.3 Å².